The molecule has 0 saturated heterocycles. The molecule has 36 heavy (non-hydrogen) atoms. The van der Waals surface area contributed by atoms with Crippen LogP contribution >= 0.6 is 0 Å². The Bertz CT molecular complexity index is 1400. The topological polar surface area (TPSA) is 64.2 Å². The molecule has 0 saturated carbocycles. The predicted octanol–water partition coefficient (Wildman–Crippen LogP) is 7.02. The Balaban J connectivity index is 1.55. The van der Waals surface area contributed by atoms with Gasteiger partial charge in [0.25, 0.3) is 0 Å². The van der Waals surface area contributed by atoms with Gasteiger partial charge in [0.2, 0.25) is 0 Å². The Morgan fingerprint density at radius 3 is 2.11 bits per heavy atom. The first-order valence-corrected chi connectivity index (χ1v) is 11.9. The average molecular weight is 475 g/mol. The molecule has 5 heteroatoms. The highest BCUT2D eigenvalue weighted by Crippen LogP contribution is 2.37. The summed E-state index contributed by atoms with van der Waals surface area (Å²) in [5.74, 6) is 0.992. The van der Waals surface area contributed by atoms with Gasteiger partial charge in [0, 0.05) is 16.7 Å². The lowest BCUT2D eigenvalue weighted by atomic mass is 9.99. The third kappa shape index (κ3) is 5.05. The second kappa shape index (κ2) is 10.7. The number of ether oxygens (including phenoxy) is 2. The molecule has 0 radical (unpaired) electrons. The van der Waals surface area contributed by atoms with Gasteiger partial charge in [0.1, 0.15) is 11.6 Å². The van der Waals surface area contributed by atoms with Crippen LogP contribution in [0.3, 0.4) is 0 Å². The number of H-pyrrole nitrogens is 1. The molecule has 0 amide bonds. The Labute approximate surface area is 210 Å². The van der Waals surface area contributed by atoms with Crippen molar-refractivity contribution in [3.8, 4) is 50.8 Å². The minimum atomic E-state index is -0.388. The Hall–Kier alpha value is -4.64. The molecular formula is C31H26N2O3. The van der Waals surface area contributed by atoms with Gasteiger partial charge in [-0.05, 0) is 30.2 Å². The molecule has 0 aliphatic heterocycles. The first kappa shape index (κ1) is 23.1. The van der Waals surface area contributed by atoms with E-state index < -0.39 is 0 Å². The van der Waals surface area contributed by atoms with E-state index in [9.17, 15) is 4.79 Å². The number of rotatable bonds is 8. The largest absolute Gasteiger partial charge is 0.482 e. The molecule has 5 aromatic rings. The second-order valence-electron chi connectivity index (χ2n) is 8.21. The fraction of sp³-hybridized carbons (Fsp3) is 0.0968. The molecule has 0 aliphatic carbocycles. The number of benzene rings is 4. The predicted molar refractivity (Wildman–Crippen MR) is 142 cm³/mol. The highest BCUT2D eigenvalue weighted by molar-refractivity contribution is 5.86. The maximum atomic E-state index is 11.7. The molecule has 1 N–H and O–H groups in total. The van der Waals surface area contributed by atoms with Crippen LogP contribution in [0, 0.1) is 0 Å². The summed E-state index contributed by atoms with van der Waals surface area (Å²) >= 11 is 0. The molecule has 5 rings (SSSR count). The number of nitrogens with zero attached hydrogens (tertiary/aromatic N) is 1. The minimum Gasteiger partial charge on any atom is -0.482 e. The van der Waals surface area contributed by atoms with Gasteiger partial charge in [-0.2, -0.15) is 0 Å². The highest BCUT2D eigenvalue weighted by atomic mass is 16.6. The number of nitrogens with one attached hydrogen (secondary N) is 1. The van der Waals surface area contributed by atoms with Crippen molar-refractivity contribution in [1.82, 2.24) is 9.97 Å². The molecule has 0 fully saturated rings. The van der Waals surface area contributed by atoms with Crippen LogP contribution in [0.4, 0.5) is 0 Å². The van der Waals surface area contributed by atoms with Crippen LogP contribution in [0.25, 0.3) is 45.0 Å². The molecule has 0 unspecified atom stereocenters. The summed E-state index contributed by atoms with van der Waals surface area (Å²) in [6, 6.07) is 36.3. The van der Waals surface area contributed by atoms with Gasteiger partial charge in [-0.25, -0.2) is 9.78 Å². The van der Waals surface area contributed by atoms with Gasteiger partial charge in [0.15, 0.2) is 6.61 Å². The summed E-state index contributed by atoms with van der Waals surface area (Å²) < 4.78 is 10.6. The first-order valence-electron chi connectivity index (χ1n) is 11.9. The van der Waals surface area contributed by atoms with Gasteiger partial charge in [0.05, 0.1) is 18.0 Å². The van der Waals surface area contributed by atoms with E-state index in [1.807, 2.05) is 72.8 Å². The number of aromatic nitrogens is 2. The zero-order valence-corrected chi connectivity index (χ0v) is 20.0. The molecular weight excluding hydrogens is 448 g/mol. The number of hydrogen-bond acceptors (Lipinski definition) is 4. The number of carbonyl (C=O) groups excluding carboxylic acids is 1. The van der Waals surface area contributed by atoms with Gasteiger partial charge < -0.3 is 14.5 Å². The lowest BCUT2D eigenvalue weighted by Crippen LogP contribution is -2.14. The van der Waals surface area contributed by atoms with E-state index in [-0.39, 0.29) is 12.6 Å². The Morgan fingerprint density at radius 1 is 0.750 bits per heavy atom. The van der Waals surface area contributed by atoms with E-state index in [1.54, 1.807) is 6.92 Å². The van der Waals surface area contributed by atoms with E-state index in [4.69, 9.17) is 14.5 Å². The lowest BCUT2D eigenvalue weighted by molar-refractivity contribution is -0.145. The van der Waals surface area contributed by atoms with Crippen molar-refractivity contribution in [1.29, 1.82) is 0 Å². The van der Waals surface area contributed by atoms with E-state index in [2.05, 4.69) is 41.4 Å². The zero-order valence-electron chi connectivity index (χ0n) is 20.0. The standard InChI is InChI=1S/C31H26N2O3/c1-2-35-28(34)21-36-25-17-11-16-24(20-25)26-18-9-10-19-27(26)31-32-29(22-12-5-3-6-13-22)30(33-31)23-14-7-4-8-15-23/h3-20H,2,21H2,1H3,(H,32,33). The molecule has 0 aliphatic rings. The molecule has 0 spiro atoms. The van der Waals surface area contributed by atoms with E-state index in [1.165, 1.54) is 0 Å². The highest BCUT2D eigenvalue weighted by Gasteiger charge is 2.17. The van der Waals surface area contributed by atoms with Crippen LogP contribution in [-0.4, -0.2) is 29.2 Å². The van der Waals surface area contributed by atoms with Crippen LogP contribution in [0.1, 0.15) is 6.92 Å². The van der Waals surface area contributed by atoms with Crippen molar-refractivity contribution >= 4 is 5.97 Å². The van der Waals surface area contributed by atoms with E-state index >= 15 is 0 Å². The number of imidazole rings is 1. The maximum absolute atomic E-state index is 11.7. The van der Waals surface area contributed by atoms with Crippen molar-refractivity contribution in [3.63, 3.8) is 0 Å². The molecule has 0 bridgehead atoms. The zero-order chi connectivity index (χ0) is 24.7. The van der Waals surface area contributed by atoms with Crippen molar-refractivity contribution in [2.45, 2.75) is 6.92 Å². The Morgan fingerprint density at radius 2 is 1.39 bits per heavy atom. The maximum Gasteiger partial charge on any atom is 0.344 e. The third-order valence-corrected chi connectivity index (χ3v) is 5.80. The second-order valence-corrected chi connectivity index (χ2v) is 8.21. The summed E-state index contributed by atoms with van der Waals surface area (Å²) in [6.07, 6.45) is 0. The number of esters is 1. The van der Waals surface area contributed by atoms with E-state index in [0.717, 1.165) is 45.0 Å². The normalized spacial score (nSPS) is 10.7. The molecule has 0 atom stereocenters. The smallest absolute Gasteiger partial charge is 0.344 e. The molecule has 1 heterocycles. The van der Waals surface area contributed by atoms with E-state index in [0.29, 0.717) is 12.4 Å². The first-order chi connectivity index (χ1) is 17.7. The third-order valence-electron chi connectivity index (χ3n) is 5.80. The summed E-state index contributed by atoms with van der Waals surface area (Å²) in [7, 11) is 0. The monoisotopic (exact) mass is 474 g/mol. The van der Waals surface area contributed by atoms with Gasteiger partial charge in [-0.3, -0.25) is 0 Å². The average Bonchev–Trinajstić information content (AvgIpc) is 3.39. The molecule has 5 nitrogen and oxygen atoms in total. The van der Waals surface area contributed by atoms with Crippen molar-refractivity contribution in [2.75, 3.05) is 13.2 Å². The van der Waals surface area contributed by atoms with Crippen LogP contribution in [0.5, 0.6) is 5.75 Å². The quantitative estimate of drug-likeness (QED) is 0.246. The van der Waals surface area contributed by atoms with Crippen LogP contribution in [0.15, 0.2) is 109 Å². The van der Waals surface area contributed by atoms with Crippen LogP contribution < -0.4 is 4.74 Å². The Kier molecular flexibility index (Phi) is 6.90. The van der Waals surface area contributed by atoms with Crippen molar-refractivity contribution in [3.05, 3.63) is 109 Å². The molecule has 4 aromatic carbocycles. The van der Waals surface area contributed by atoms with Gasteiger partial charge in [-0.1, -0.05) is 97.1 Å². The summed E-state index contributed by atoms with van der Waals surface area (Å²) in [4.78, 5) is 20.4. The summed E-state index contributed by atoms with van der Waals surface area (Å²) in [6.45, 7) is 1.98. The van der Waals surface area contributed by atoms with Crippen LogP contribution in [-0.2, 0) is 9.53 Å². The van der Waals surface area contributed by atoms with Crippen molar-refractivity contribution in [2.24, 2.45) is 0 Å². The number of aromatic amines is 1. The molecule has 1 aromatic heterocycles. The number of hydrogen-bond donors (Lipinski definition) is 1. The summed E-state index contributed by atoms with van der Waals surface area (Å²) in [5, 5.41) is 0. The van der Waals surface area contributed by atoms with Crippen molar-refractivity contribution < 1.29 is 14.3 Å². The fourth-order valence-corrected chi connectivity index (χ4v) is 4.16. The molecule has 178 valence electrons. The fourth-order valence-electron chi connectivity index (χ4n) is 4.16. The lowest BCUT2D eigenvalue weighted by Gasteiger charge is -2.10. The van der Waals surface area contributed by atoms with Gasteiger partial charge in [-0.15, -0.1) is 0 Å². The van der Waals surface area contributed by atoms with Gasteiger partial charge >= 0.3 is 5.97 Å². The SMILES string of the molecule is CCOC(=O)COc1cccc(-c2ccccc2-c2nc(-c3ccccc3)c(-c3ccccc3)[nH]2)c1. The number of carbonyl (C=O) groups is 1. The summed E-state index contributed by atoms with van der Waals surface area (Å²) in [5.41, 5.74) is 6.93. The van der Waals surface area contributed by atoms with Crippen LogP contribution in [0.2, 0.25) is 0 Å². The minimum absolute atomic E-state index is 0.127.